The summed E-state index contributed by atoms with van der Waals surface area (Å²) in [5, 5.41) is 5.37. The van der Waals surface area contributed by atoms with Crippen LogP contribution in [0.2, 0.25) is 0 Å². The van der Waals surface area contributed by atoms with Gasteiger partial charge in [-0.15, -0.1) is 0 Å². The maximum Gasteiger partial charge on any atom is 0.337 e. The number of carbonyl (C=O) groups excluding carboxylic acids is 3. The first-order valence-corrected chi connectivity index (χ1v) is 8.33. The zero-order valence-electron chi connectivity index (χ0n) is 15.0. The molecular weight excluding hydrogens is 362 g/mol. The minimum atomic E-state index is -0.461. The van der Waals surface area contributed by atoms with Crippen molar-refractivity contribution in [1.29, 1.82) is 0 Å². The number of hydrogen-bond acceptors (Lipinski definition) is 6. The second-order valence-corrected chi connectivity index (χ2v) is 5.71. The van der Waals surface area contributed by atoms with Gasteiger partial charge < -0.3 is 19.8 Å². The van der Waals surface area contributed by atoms with E-state index in [-0.39, 0.29) is 17.8 Å². The summed E-state index contributed by atoms with van der Waals surface area (Å²) in [4.78, 5) is 40.1. The molecule has 8 heteroatoms. The van der Waals surface area contributed by atoms with Gasteiger partial charge in [-0.3, -0.25) is 14.6 Å². The van der Waals surface area contributed by atoms with Gasteiger partial charge in [0.2, 0.25) is 0 Å². The van der Waals surface area contributed by atoms with Crippen molar-refractivity contribution >= 4 is 23.5 Å². The van der Waals surface area contributed by atoms with E-state index in [0.29, 0.717) is 17.0 Å². The minimum absolute atomic E-state index is 0.111. The van der Waals surface area contributed by atoms with Crippen molar-refractivity contribution < 1.29 is 23.5 Å². The van der Waals surface area contributed by atoms with Gasteiger partial charge in [0.25, 0.3) is 11.8 Å². The number of carbonyl (C=O) groups is 3. The van der Waals surface area contributed by atoms with Crippen LogP contribution in [0.4, 0.5) is 5.69 Å². The summed E-state index contributed by atoms with van der Waals surface area (Å²) in [7, 11) is 1.30. The van der Waals surface area contributed by atoms with E-state index < -0.39 is 17.8 Å². The van der Waals surface area contributed by atoms with Crippen LogP contribution in [0.25, 0.3) is 0 Å². The Bertz CT molecular complexity index is 981. The lowest BCUT2D eigenvalue weighted by Gasteiger charge is -2.07. The highest BCUT2D eigenvalue weighted by atomic mass is 16.5. The number of aromatic nitrogens is 1. The Labute approximate surface area is 160 Å². The largest absolute Gasteiger partial charge is 0.467 e. The Kier molecular flexibility index (Phi) is 5.81. The molecule has 3 rings (SSSR count). The van der Waals surface area contributed by atoms with E-state index in [1.165, 1.54) is 31.7 Å². The van der Waals surface area contributed by atoms with Gasteiger partial charge in [0.15, 0.2) is 0 Å². The first-order valence-electron chi connectivity index (χ1n) is 8.33. The Morgan fingerprint density at radius 1 is 1.04 bits per heavy atom. The molecule has 2 N–H and O–H groups in total. The summed E-state index contributed by atoms with van der Waals surface area (Å²) in [6.45, 7) is 0.219. The van der Waals surface area contributed by atoms with Gasteiger partial charge in [0, 0.05) is 17.4 Å². The number of furan rings is 1. The highest BCUT2D eigenvalue weighted by molar-refractivity contribution is 6.05. The number of rotatable bonds is 6. The average molecular weight is 379 g/mol. The summed E-state index contributed by atoms with van der Waals surface area (Å²) < 4.78 is 9.78. The van der Waals surface area contributed by atoms with Crippen LogP contribution in [0.15, 0.2) is 65.4 Å². The van der Waals surface area contributed by atoms with E-state index in [4.69, 9.17) is 4.42 Å². The Balaban J connectivity index is 1.64. The molecule has 2 aromatic heterocycles. The molecule has 0 unspecified atom stereocenters. The van der Waals surface area contributed by atoms with Crippen LogP contribution in [0.3, 0.4) is 0 Å². The van der Waals surface area contributed by atoms with Crippen molar-refractivity contribution in [3.05, 3.63) is 83.6 Å². The van der Waals surface area contributed by atoms with Crippen molar-refractivity contribution in [3.8, 4) is 0 Å². The monoisotopic (exact) mass is 379 g/mol. The number of nitrogens with zero attached hydrogens (tertiary/aromatic N) is 1. The molecule has 0 aliphatic heterocycles. The summed E-state index contributed by atoms with van der Waals surface area (Å²) in [6.07, 6.45) is 2.90. The normalized spacial score (nSPS) is 10.2. The molecule has 1 aromatic carbocycles. The second-order valence-electron chi connectivity index (χ2n) is 5.71. The minimum Gasteiger partial charge on any atom is -0.467 e. The first-order chi connectivity index (χ1) is 13.6. The maximum absolute atomic E-state index is 12.4. The molecule has 0 aliphatic rings. The summed E-state index contributed by atoms with van der Waals surface area (Å²) >= 11 is 0. The predicted octanol–water partition coefficient (Wildman–Crippen LogP) is 2.64. The van der Waals surface area contributed by atoms with Crippen LogP contribution < -0.4 is 10.6 Å². The quantitative estimate of drug-likeness (QED) is 0.637. The zero-order valence-corrected chi connectivity index (χ0v) is 15.0. The highest BCUT2D eigenvalue weighted by Gasteiger charge is 2.13. The van der Waals surface area contributed by atoms with Gasteiger partial charge in [0.1, 0.15) is 11.5 Å². The van der Waals surface area contributed by atoms with Crippen LogP contribution in [0.1, 0.15) is 37.0 Å². The highest BCUT2D eigenvalue weighted by Crippen LogP contribution is 2.13. The van der Waals surface area contributed by atoms with E-state index in [2.05, 4.69) is 20.4 Å². The number of benzene rings is 1. The molecule has 0 aliphatic carbocycles. The molecule has 0 bridgehead atoms. The van der Waals surface area contributed by atoms with Gasteiger partial charge in [-0.05, 0) is 48.5 Å². The van der Waals surface area contributed by atoms with Crippen LogP contribution >= 0.6 is 0 Å². The van der Waals surface area contributed by atoms with E-state index in [9.17, 15) is 14.4 Å². The van der Waals surface area contributed by atoms with Crippen molar-refractivity contribution in [3.63, 3.8) is 0 Å². The van der Waals surface area contributed by atoms with Gasteiger partial charge in [0.05, 0.1) is 25.5 Å². The molecule has 0 radical (unpaired) electrons. The molecule has 2 amide bonds. The SMILES string of the molecule is COC(=O)c1ccc(NC(=O)c2ccnc(C(=O)NCc3ccco3)c2)cc1. The lowest BCUT2D eigenvalue weighted by molar-refractivity contribution is 0.0600. The Morgan fingerprint density at radius 2 is 1.82 bits per heavy atom. The maximum atomic E-state index is 12.4. The molecule has 2 heterocycles. The van der Waals surface area contributed by atoms with Crippen molar-refractivity contribution in [1.82, 2.24) is 10.3 Å². The smallest absolute Gasteiger partial charge is 0.337 e. The zero-order chi connectivity index (χ0) is 19.9. The van der Waals surface area contributed by atoms with Crippen LogP contribution in [0, 0.1) is 0 Å². The number of nitrogens with one attached hydrogen (secondary N) is 2. The molecule has 3 aromatic rings. The lowest BCUT2D eigenvalue weighted by atomic mass is 10.2. The summed E-state index contributed by atoms with van der Waals surface area (Å²) in [5.41, 5.74) is 1.26. The van der Waals surface area contributed by atoms with Gasteiger partial charge in [-0.1, -0.05) is 0 Å². The van der Waals surface area contributed by atoms with Gasteiger partial charge >= 0.3 is 5.97 Å². The number of hydrogen-bond donors (Lipinski definition) is 2. The number of pyridine rings is 1. The number of anilines is 1. The molecule has 142 valence electrons. The molecule has 28 heavy (non-hydrogen) atoms. The van der Waals surface area contributed by atoms with Gasteiger partial charge in [-0.25, -0.2) is 4.79 Å². The fourth-order valence-corrected chi connectivity index (χ4v) is 2.38. The number of methoxy groups -OCH3 is 1. The second kappa shape index (κ2) is 8.63. The van der Waals surface area contributed by atoms with E-state index in [1.54, 1.807) is 36.4 Å². The lowest BCUT2D eigenvalue weighted by Crippen LogP contribution is -2.24. The molecule has 0 fully saturated rings. The molecule has 8 nitrogen and oxygen atoms in total. The fourth-order valence-electron chi connectivity index (χ4n) is 2.38. The fraction of sp³-hybridized carbons (Fsp3) is 0.100. The number of ether oxygens (including phenoxy) is 1. The Morgan fingerprint density at radius 3 is 2.50 bits per heavy atom. The topological polar surface area (TPSA) is 111 Å². The summed E-state index contributed by atoms with van der Waals surface area (Å²) in [5.74, 6) is -0.684. The standard InChI is InChI=1S/C20H17N3O5/c1-27-20(26)13-4-6-15(7-5-13)23-18(24)14-8-9-21-17(11-14)19(25)22-12-16-3-2-10-28-16/h2-11H,12H2,1H3,(H,22,25)(H,23,24). The van der Waals surface area contributed by atoms with Gasteiger partial charge in [-0.2, -0.15) is 0 Å². The van der Waals surface area contributed by atoms with Crippen molar-refractivity contribution in [2.24, 2.45) is 0 Å². The molecule has 0 saturated heterocycles. The average Bonchev–Trinajstić information content (AvgIpc) is 3.25. The number of amides is 2. The van der Waals surface area contributed by atoms with Crippen LogP contribution in [0.5, 0.6) is 0 Å². The molecule has 0 spiro atoms. The molecular formula is C20H17N3O5. The third-order valence-electron chi connectivity index (χ3n) is 3.82. The van der Waals surface area contributed by atoms with E-state index in [0.717, 1.165) is 0 Å². The van der Waals surface area contributed by atoms with E-state index >= 15 is 0 Å². The van der Waals surface area contributed by atoms with E-state index in [1.807, 2.05) is 0 Å². The van der Waals surface area contributed by atoms with Crippen LogP contribution in [-0.2, 0) is 11.3 Å². The first kappa shape index (κ1) is 18.8. The summed E-state index contributed by atoms with van der Waals surface area (Å²) in [6, 6.07) is 12.6. The van der Waals surface area contributed by atoms with Crippen molar-refractivity contribution in [2.45, 2.75) is 6.54 Å². The third kappa shape index (κ3) is 4.61. The number of esters is 1. The predicted molar refractivity (Wildman–Crippen MR) is 99.8 cm³/mol. The molecule has 0 atom stereocenters. The third-order valence-corrected chi connectivity index (χ3v) is 3.82. The Hall–Kier alpha value is -3.94. The van der Waals surface area contributed by atoms with Crippen LogP contribution in [-0.4, -0.2) is 29.9 Å². The molecule has 0 saturated carbocycles. The van der Waals surface area contributed by atoms with Crippen molar-refractivity contribution in [2.75, 3.05) is 12.4 Å².